The summed E-state index contributed by atoms with van der Waals surface area (Å²) in [6.07, 6.45) is 6.20. The second-order valence-corrected chi connectivity index (χ2v) is 6.52. The zero-order valence-electron chi connectivity index (χ0n) is 12.1. The second kappa shape index (κ2) is 6.12. The van der Waals surface area contributed by atoms with E-state index in [2.05, 4.69) is 5.32 Å². The molecule has 1 aromatic carbocycles. The average Bonchev–Trinajstić information content (AvgIpc) is 2.99. The first-order chi connectivity index (χ1) is 10.1. The number of carbonyl (C=O) groups is 1. The summed E-state index contributed by atoms with van der Waals surface area (Å²) >= 11 is 0. The number of carbonyl (C=O) groups excluding carboxylic acids is 1. The van der Waals surface area contributed by atoms with Gasteiger partial charge in [0, 0.05) is 19.0 Å². The van der Waals surface area contributed by atoms with Crippen molar-refractivity contribution in [2.75, 3.05) is 6.54 Å². The lowest BCUT2D eigenvalue weighted by atomic mass is 9.86. The molecule has 1 aromatic rings. The van der Waals surface area contributed by atoms with Crippen molar-refractivity contribution < 1.29 is 13.6 Å². The molecule has 3 unspecified atom stereocenters. The van der Waals surface area contributed by atoms with E-state index in [9.17, 15) is 13.6 Å². The molecule has 2 fully saturated rings. The first-order valence-electron chi connectivity index (χ1n) is 7.82. The summed E-state index contributed by atoms with van der Waals surface area (Å²) in [5, 5.41) is 2.87. The minimum atomic E-state index is -0.571. The van der Waals surface area contributed by atoms with Crippen molar-refractivity contribution in [1.29, 1.82) is 0 Å². The normalized spacial score (nSPS) is 27.0. The molecule has 0 radical (unpaired) electrons. The Labute approximate surface area is 123 Å². The predicted molar refractivity (Wildman–Crippen MR) is 76.6 cm³/mol. The molecule has 3 atom stereocenters. The number of hydrogen-bond donors (Lipinski definition) is 1. The highest BCUT2D eigenvalue weighted by Gasteiger charge is 2.39. The van der Waals surface area contributed by atoms with E-state index in [0.717, 1.165) is 17.9 Å². The Morgan fingerprint density at radius 3 is 2.52 bits per heavy atom. The van der Waals surface area contributed by atoms with E-state index < -0.39 is 11.6 Å². The molecule has 1 N–H and O–H groups in total. The summed E-state index contributed by atoms with van der Waals surface area (Å²) in [6, 6.07) is 3.48. The number of amides is 1. The topological polar surface area (TPSA) is 29.1 Å². The van der Waals surface area contributed by atoms with E-state index >= 15 is 0 Å². The average molecular weight is 293 g/mol. The lowest BCUT2D eigenvalue weighted by molar-refractivity contribution is -0.122. The number of halogens is 2. The Kier molecular flexibility index (Phi) is 4.22. The fourth-order valence-electron chi connectivity index (χ4n) is 4.04. The van der Waals surface area contributed by atoms with Gasteiger partial charge in [0.15, 0.2) is 0 Å². The third kappa shape index (κ3) is 3.60. The highest BCUT2D eigenvalue weighted by Crippen LogP contribution is 2.49. The summed E-state index contributed by atoms with van der Waals surface area (Å²) in [5.41, 5.74) is 0.577. The van der Waals surface area contributed by atoms with E-state index in [1.54, 1.807) is 0 Å². The van der Waals surface area contributed by atoms with Gasteiger partial charge in [-0.3, -0.25) is 4.79 Å². The van der Waals surface area contributed by atoms with E-state index in [4.69, 9.17) is 0 Å². The Bertz CT molecular complexity index is 511. The van der Waals surface area contributed by atoms with Gasteiger partial charge in [0.05, 0.1) is 0 Å². The van der Waals surface area contributed by atoms with Gasteiger partial charge in [-0.05, 0) is 61.1 Å². The molecule has 21 heavy (non-hydrogen) atoms. The first-order valence-corrected chi connectivity index (χ1v) is 7.82. The molecule has 0 saturated heterocycles. The van der Waals surface area contributed by atoms with Crippen molar-refractivity contribution in [1.82, 2.24) is 5.32 Å². The Hall–Kier alpha value is -1.45. The molecule has 0 heterocycles. The van der Waals surface area contributed by atoms with Crippen LogP contribution in [0.5, 0.6) is 0 Å². The smallest absolute Gasteiger partial charge is 0.220 e. The van der Waals surface area contributed by atoms with Gasteiger partial charge < -0.3 is 5.32 Å². The minimum Gasteiger partial charge on any atom is -0.356 e. The number of benzene rings is 1. The zero-order valence-corrected chi connectivity index (χ0v) is 12.1. The highest BCUT2D eigenvalue weighted by molar-refractivity contribution is 5.76. The molecule has 2 saturated carbocycles. The van der Waals surface area contributed by atoms with Crippen LogP contribution in [0.4, 0.5) is 8.78 Å². The Morgan fingerprint density at radius 2 is 1.90 bits per heavy atom. The van der Waals surface area contributed by atoms with Crippen LogP contribution in [0.25, 0.3) is 0 Å². The molecule has 1 amide bonds. The highest BCUT2D eigenvalue weighted by atomic mass is 19.1. The van der Waals surface area contributed by atoms with Crippen molar-refractivity contribution >= 4 is 5.91 Å². The van der Waals surface area contributed by atoms with Gasteiger partial charge in [0.25, 0.3) is 0 Å². The van der Waals surface area contributed by atoms with Crippen LogP contribution in [-0.2, 0) is 11.2 Å². The monoisotopic (exact) mass is 293 g/mol. The van der Waals surface area contributed by atoms with Gasteiger partial charge >= 0.3 is 0 Å². The van der Waals surface area contributed by atoms with Crippen molar-refractivity contribution in [3.05, 3.63) is 35.4 Å². The molecule has 2 bridgehead atoms. The van der Waals surface area contributed by atoms with Crippen molar-refractivity contribution in [2.24, 2.45) is 17.8 Å². The van der Waals surface area contributed by atoms with Gasteiger partial charge in [0.1, 0.15) is 11.6 Å². The molecule has 2 aliphatic carbocycles. The zero-order chi connectivity index (χ0) is 14.8. The van der Waals surface area contributed by atoms with Crippen molar-refractivity contribution in [3.63, 3.8) is 0 Å². The van der Waals surface area contributed by atoms with Crippen LogP contribution in [0.1, 0.15) is 37.7 Å². The summed E-state index contributed by atoms with van der Waals surface area (Å²) < 4.78 is 26.1. The maximum absolute atomic E-state index is 13.0. The van der Waals surface area contributed by atoms with Crippen LogP contribution in [0, 0.1) is 29.4 Å². The van der Waals surface area contributed by atoms with Crippen LogP contribution in [0.2, 0.25) is 0 Å². The maximum atomic E-state index is 13.0. The van der Waals surface area contributed by atoms with Gasteiger partial charge in [0.2, 0.25) is 5.91 Å². The van der Waals surface area contributed by atoms with E-state index in [1.807, 2.05) is 0 Å². The molecule has 114 valence electrons. The predicted octanol–water partition coefficient (Wildman–Crippen LogP) is 3.45. The number of rotatable bonds is 5. The third-order valence-corrected chi connectivity index (χ3v) is 4.99. The molecule has 2 nitrogen and oxygen atoms in total. The molecular formula is C17H21F2NO. The second-order valence-electron chi connectivity index (χ2n) is 6.52. The van der Waals surface area contributed by atoms with Gasteiger partial charge in [-0.1, -0.05) is 6.42 Å². The van der Waals surface area contributed by atoms with E-state index in [-0.39, 0.29) is 5.91 Å². The molecule has 0 aliphatic heterocycles. The molecular weight excluding hydrogens is 272 g/mol. The van der Waals surface area contributed by atoms with Gasteiger partial charge in [-0.25, -0.2) is 8.78 Å². The number of hydrogen-bond acceptors (Lipinski definition) is 1. The standard InChI is InChI=1S/C17H21F2NO/c18-15-7-12(8-16(19)10-15)3-4-20-17(21)9-14-6-11-1-2-13(14)5-11/h7-8,10-11,13-14H,1-6,9H2,(H,20,21). The third-order valence-electron chi connectivity index (χ3n) is 4.99. The maximum Gasteiger partial charge on any atom is 0.220 e. The number of nitrogens with one attached hydrogen (secondary N) is 1. The Morgan fingerprint density at radius 1 is 1.14 bits per heavy atom. The fraction of sp³-hybridized carbons (Fsp3) is 0.588. The summed E-state index contributed by atoms with van der Waals surface area (Å²) in [4.78, 5) is 11.9. The molecule has 0 aromatic heterocycles. The summed E-state index contributed by atoms with van der Waals surface area (Å²) in [5.74, 6) is 1.08. The van der Waals surface area contributed by atoms with Crippen molar-refractivity contribution in [2.45, 2.75) is 38.5 Å². The summed E-state index contributed by atoms with van der Waals surface area (Å²) in [6.45, 7) is 0.433. The first kappa shape index (κ1) is 14.5. The lowest BCUT2D eigenvalue weighted by Gasteiger charge is -2.20. The van der Waals surface area contributed by atoms with Crippen LogP contribution in [-0.4, -0.2) is 12.5 Å². The van der Waals surface area contributed by atoms with Crippen LogP contribution < -0.4 is 5.32 Å². The van der Waals surface area contributed by atoms with Crippen LogP contribution in [0.3, 0.4) is 0 Å². The Balaban J connectivity index is 1.41. The molecule has 4 heteroatoms. The van der Waals surface area contributed by atoms with Crippen LogP contribution >= 0.6 is 0 Å². The van der Waals surface area contributed by atoms with E-state index in [1.165, 1.54) is 37.8 Å². The molecule has 3 rings (SSSR count). The quantitative estimate of drug-likeness (QED) is 0.885. The molecule has 0 spiro atoms. The van der Waals surface area contributed by atoms with Gasteiger partial charge in [-0.2, -0.15) is 0 Å². The lowest BCUT2D eigenvalue weighted by Crippen LogP contribution is -2.29. The van der Waals surface area contributed by atoms with Crippen molar-refractivity contribution in [3.8, 4) is 0 Å². The molecule has 2 aliphatic rings. The minimum absolute atomic E-state index is 0.0735. The summed E-state index contributed by atoms with van der Waals surface area (Å²) in [7, 11) is 0. The number of fused-ring (bicyclic) bond motifs is 2. The SMILES string of the molecule is O=C(CC1CC2CCC1C2)NCCc1cc(F)cc(F)c1. The largest absolute Gasteiger partial charge is 0.356 e. The van der Waals surface area contributed by atoms with Crippen LogP contribution in [0.15, 0.2) is 18.2 Å². The van der Waals surface area contributed by atoms with Gasteiger partial charge in [-0.15, -0.1) is 0 Å². The fourth-order valence-corrected chi connectivity index (χ4v) is 4.04. The van der Waals surface area contributed by atoms with E-state index in [0.29, 0.717) is 30.9 Å².